The molecular formula is C17H18N2O. The number of nitrogens with one attached hydrogen (secondary N) is 1. The van der Waals surface area contributed by atoms with Crippen LogP contribution in [0.3, 0.4) is 0 Å². The highest BCUT2D eigenvalue weighted by atomic mass is 16.2. The average Bonchev–Trinajstić information content (AvgIpc) is 2.96. The lowest BCUT2D eigenvalue weighted by Gasteiger charge is -2.25. The Morgan fingerprint density at radius 2 is 2.10 bits per heavy atom. The average molecular weight is 266 g/mol. The zero-order chi connectivity index (χ0) is 14.3. The number of H-pyrrole nitrogens is 1. The molecule has 1 N–H and O–H groups in total. The van der Waals surface area contributed by atoms with E-state index in [9.17, 15) is 4.79 Å². The molecule has 2 aromatic rings. The number of para-hydroxylation sites is 1. The predicted octanol–water partition coefficient (Wildman–Crippen LogP) is 3.57. The van der Waals surface area contributed by atoms with Crippen molar-refractivity contribution in [2.45, 2.75) is 19.9 Å². The van der Waals surface area contributed by atoms with E-state index in [2.05, 4.69) is 23.7 Å². The summed E-state index contributed by atoms with van der Waals surface area (Å²) in [5, 5.41) is 1.17. The molecule has 0 bridgehead atoms. The van der Waals surface area contributed by atoms with E-state index >= 15 is 0 Å². The predicted molar refractivity (Wildman–Crippen MR) is 81.3 cm³/mol. The molecule has 3 heteroatoms. The van der Waals surface area contributed by atoms with E-state index in [-0.39, 0.29) is 11.9 Å². The number of aromatic nitrogens is 1. The van der Waals surface area contributed by atoms with Crippen LogP contribution in [0.15, 0.2) is 54.3 Å². The van der Waals surface area contributed by atoms with E-state index in [1.165, 1.54) is 5.39 Å². The van der Waals surface area contributed by atoms with Gasteiger partial charge in [0, 0.05) is 34.8 Å². The van der Waals surface area contributed by atoms with Gasteiger partial charge in [-0.15, -0.1) is 6.58 Å². The topological polar surface area (TPSA) is 36.1 Å². The van der Waals surface area contributed by atoms with E-state index < -0.39 is 0 Å². The number of hydrogen-bond acceptors (Lipinski definition) is 1. The smallest absolute Gasteiger partial charge is 0.250 e. The molecule has 3 nitrogen and oxygen atoms in total. The van der Waals surface area contributed by atoms with Crippen LogP contribution in [-0.2, 0) is 4.79 Å². The Bertz CT molecular complexity index is 723. The second kappa shape index (κ2) is 4.67. The zero-order valence-electron chi connectivity index (χ0n) is 11.8. The summed E-state index contributed by atoms with van der Waals surface area (Å²) >= 11 is 0. The molecule has 1 aliphatic rings. The summed E-state index contributed by atoms with van der Waals surface area (Å²) in [7, 11) is 0. The van der Waals surface area contributed by atoms with Gasteiger partial charge in [0.05, 0.1) is 6.04 Å². The highest BCUT2D eigenvalue weighted by Crippen LogP contribution is 2.40. The third kappa shape index (κ3) is 1.70. The van der Waals surface area contributed by atoms with Crippen LogP contribution in [0.25, 0.3) is 10.9 Å². The molecule has 0 saturated carbocycles. The first-order valence-electron chi connectivity index (χ1n) is 6.80. The number of hydrogen-bond donors (Lipinski definition) is 1. The van der Waals surface area contributed by atoms with E-state index in [1.807, 2.05) is 37.1 Å². The highest BCUT2D eigenvalue weighted by molar-refractivity contribution is 5.98. The maximum absolute atomic E-state index is 12.4. The third-order valence-electron chi connectivity index (χ3n) is 4.14. The Hall–Kier alpha value is -2.29. The molecule has 102 valence electrons. The van der Waals surface area contributed by atoms with Gasteiger partial charge in [-0.05, 0) is 25.5 Å². The molecular weight excluding hydrogens is 248 g/mol. The van der Waals surface area contributed by atoms with Gasteiger partial charge in [0.15, 0.2) is 0 Å². The van der Waals surface area contributed by atoms with Crippen molar-refractivity contribution in [1.29, 1.82) is 0 Å². The Labute approximate surface area is 118 Å². The van der Waals surface area contributed by atoms with Crippen LogP contribution in [0.1, 0.15) is 25.5 Å². The largest absolute Gasteiger partial charge is 0.361 e. The molecule has 1 amide bonds. The van der Waals surface area contributed by atoms with Crippen molar-refractivity contribution in [3.05, 3.63) is 59.8 Å². The Kier molecular flexibility index (Phi) is 2.97. The first kappa shape index (κ1) is 12.7. The molecule has 0 fully saturated rings. The summed E-state index contributed by atoms with van der Waals surface area (Å²) < 4.78 is 0. The highest BCUT2D eigenvalue weighted by Gasteiger charge is 2.36. The molecule has 0 unspecified atom stereocenters. The van der Waals surface area contributed by atoms with E-state index in [1.54, 1.807) is 6.08 Å². The van der Waals surface area contributed by atoms with Gasteiger partial charge in [-0.3, -0.25) is 4.79 Å². The molecule has 1 aromatic heterocycles. The molecule has 0 spiro atoms. The molecule has 2 heterocycles. The number of rotatable bonds is 3. The summed E-state index contributed by atoms with van der Waals surface area (Å²) in [6, 6.07) is 8.20. The molecule has 3 rings (SSSR count). The number of carbonyl (C=O) groups excluding carboxylic acids is 1. The van der Waals surface area contributed by atoms with E-state index in [0.29, 0.717) is 6.54 Å². The minimum absolute atomic E-state index is 0.0108. The number of fused-ring (bicyclic) bond motifs is 1. The summed E-state index contributed by atoms with van der Waals surface area (Å²) in [6.07, 6.45) is 3.80. The fraction of sp³-hybridized carbons (Fsp3) is 0.235. The minimum Gasteiger partial charge on any atom is -0.361 e. The van der Waals surface area contributed by atoms with Crippen molar-refractivity contribution < 1.29 is 4.79 Å². The summed E-state index contributed by atoms with van der Waals surface area (Å²) in [5.74, 6) is 0.109. The Morgan fingerprint density at radius 3 is 2.85 bits per heavy atom. The molecule has 0 radical (unpaired) electrons. The SMILES string of the molecule is C=CCN1C(=O)C(C)=C(C)[C@@H]1c1c[nH]c2ccccc12. The fourth-order valence-electron chi connectivity index (χ4n) is 2.99. The van der Waals surface area contributed by atoms with Crippen molar-refractivity contribution in [2.75, 3.05) is 6.54 Å². The van der Waals surface area contributed by atoms with E-state index in [4.69, 9.17) is 0 Å². The Balaban J connectivity index is 2.16. The van der Waals surface area contributed by atoms with Crippen molar-refractivity contribution in [2.24, 2.45) is 0 Å². The van der Waals surface area contributed by atoms with Gasteiger partial charge in [0.2, 0.25) is 0 Å². The van der Waals surface area contributed by atoms with Gasteiger partial charge in [0.25, 0.3) is 5.91 Å². The van der Waals surface area contributed by atoms with Gasteiger partial charge in [-0.25, -0.2) is 0 Å². The van der Waals surface area contributed by atoms with Crippen LogP contribution in [0, 0.1) is 0 Å². The molecule has 20 heavy (non-hydrogen) atoms. The van der Waals surface area contributed by atoms with Crippen LogP contribution in [0.2, 0.25) is 0 Å². The number of aromatic amines is 1. The molecule has 1 aliphatic heterocycles. The molecule has 0 aliphatic carbocycles. The van der Waals surface area contributed by atoms with E-state index in [0.717, 1.165) is 22.2 Å². The third-order valence-corrected chi connectivity index (χ3v) is 4.14. The van der Waals surface area contributed by atoms with Gasteiger partial charge < -0.3 is 9.88 Å². The zero-order valence-corrected chi connectivity index (χ0v) is 11.8. The molecule has 1 atom stereocenters. The monoisotopic (exact) mass is 266 g/mol. The van der Waals surface area contributed by atoms with Gasteiger partial charge in [-0.2, -0.15) is 0 Å². The normalized spacial score (nSPS) is 19.2. The first-order chi connectivity index (χ1) is 9.65. The van der Waals surface area contributed by atoms with Crippen LogP contribution in [0.4, 0.5) is 0 Å². The second-order valence-electron chi connectivity index (χ2n) is 5.25. The van der Waals surface area contributed by atoms with Crippen LogP contribution < -0.4 is 0 Å². The maximum Gasteiger partial charge on any atom is 0.250 e. The van der Waals surface area contributed by atoms with Gasteiger partial charge in [-0.1, -0.05) is 24.3 Å². The number of benzene rings is 1. The maximum atomic E-state index is 12.4. The Morgan fingerprint density at radius 1 is 1.35 bits per heavy atom. The minimum atomic E-state index is 0.0108. The standard InChI is InChI=1S/C17H18N2O/c1-4-9-19-16(11(2)12(3)17(19)20)14-10-18-15-8-6-5-7-13(14)15/h4-8,10,16,18H,1,9H2,2-3H3/t16-/m1/s1. The lowest BCUT2D eigenvalue weighted by molar-refractivity contribution is -0.126. The van der Waals surface area contributed by atoms with Crippen LogP contribution in [0.5, 0.6) is 0 Å². The summed E-state index contributed by atoms with van der Waals surface area (Å²) in [5.41, 5.74) is 4.24. The molecule has 0 saturated heterocycles. The summed E-state index contributed by atoms with van der Waals surface area (Å²) in [6.45, 7) is 8.28. The number of amides is 1. The number of carbonyl (C=O) groups is 1. The van der Waals surface area contributed by atoms with Crippen LogP contribution in [-0.4, -0.2) is 22.3 Å². The quantitative estimate of drug-likeness (QED) is 0.847. The summed E-state index contributed by atoms with van der Waals surface area (Å²) in [4.78, 5) is 17.5. The van der Waals surface area contributed by atoms with Gasteiger partial charge >= 0.3 is 0 Å². The second-order valence-corrected chi connectivity index (χ2v) is 5.25. The molecule has 1 aromatic carbocycles. The van der Waals surface area contributed by atoms with Crippen molar-refractivity contribution >= 4 is 16.8 Å². The first-order valence-corrected chi connectivity index (χ1v) is 6.80. The fourth-order valence-corrected chi connectivity index (χ4v) is 2.99. The van der Waals surface area contributed by atoms with Gasteiger partial charge in [0.1, 0.15) is 0 Å². The van der Waals surface area contributed by atoms with Crippen LogP contribution >= 0.6 is 0 Å². The van der Waals surface area contributed by atoms with Crippen molar-refractivity contribution in [3.8, 4) is 0 Å². The number of nitrogens with zero attached hydrogens (tertiary/aromatic N) is 1. The van der Waals surface area contributed by atoms with Crippen molar-refractivity contribution in [1.82, 2.24) is 9.88 Å². The lowest BCUT2D eigenvalue weighted by Crippen LogP contribution is -2.30. The van der Waals surface area contributed by atoms with Crippen molar-refractivity contribution in [3.63, 3.8) is 0 Å². The lowest BCUT2D eigenvalue weighted by atomic mass is 9.99.